The van der Waals surface area contributed by atoms with Crippen LogP contribution < -0.4 is 16.2 Å². The lowest BCUT2D eigenvalue weighted by Crippen LogP contribution is -2.36. The van der Waals surface area contributed by atoms with Crippen molar-refractivity contribution in [1.29, 1.82) is 0 Å². The number of rotatable bonds is 8. The molecule has 3 N–H and O–H groups in total. The van der Waals surface area contributed by atoms with Crippen LogP contribution in [0.3, 0.4) is 0 Å². The number of nitrogens with one attached hydrogen (secondary N) is 3. The van der Waals surface area contributed by atoms with E-state index in [0.717, 1.165) is 4.57 Å². The van der Waals surface area contributed by atoms with Crippen LogP contribution in [0.4, 0.5) is 19.0 Å². The normalized spacial score (nSPS) is 11.5. The third-order valence-corrected chi connectivity index (χ3v) is 5.10. The molecule has 4 heterocycles. The van der Waals surface area contributed by atoms with E-state index in [4.69, 9.17) is 0 Å². The first kappa shape index (κ1) is 23.0. The lowest BCUT2D eigenvalue weighted by Gasteiger charge is -2.17. The average molecular weight is 471 g/mol. The van der Waals surface area contributed by atoms with Gasteiger partial charge < -0.3 is 15.6 Å². The summed E-state index contributed by atoms with van der Waals surface area (Å²) < 4.78 is 43.6. The molecule has 0 saturated carbocycles. The Balaban J connectivity index is 1.42. The summed E-state index contributed by atoms with van der Waals surface area (Å²) in [6.45, 7) is 0.382. The third-order valence-electron chi connectivity index (χ3n) is 5.10. The predicted molar refractivity (Wildman–Crippen MR) is 118 cm³/mol. The van der Waals surface area contributed by atoms with Gasteiger partial charge in [0.05, 0.1) is 11.9 Å². The maximum atomic E-state index is 14.4. The number of hydrogen-bond donors (Lipinski definition) is 3. The van der Waals surface area contributed by atoms with Crippen molar-refractivity contribution in [3.8, 4) is 0 Å². The topological polar surface area (TPSA) is 118 Å². The molecule has 0 bridgehead atoms. The van der Waals surface area contributed by atoms with Crippen LogP contribution in [0.1, 0.15) is 17.0 Å². The fourth-order valence-corrected chi connectivity index (χ4v) is 3.26. The number of halogens is 3. The Labute approximate surface area is 191 Å². The molecule has 0 fully saturated rings. The number of amides is 1. The van der Waals surface area contributed by atoms with E-state index >= 15 is 0 Å². The van der Waals surface area contributed by atoms with Gasteiger partial charge in [-0.2, -0.15) is 8.78 Å². The van der Waals surface area contributed by atoms with E-state index in [1.807, 2.05) is 0 Å². The summed E-state index contributed by atoms with van der Waals surface area (Å²) in [7, 11) is 0. The Morgan fingerprint density at radius 2 is 2.03 bits per heavy atom. The summed E-state index contributed by atoms with van der Waals surface area (Å²) in [6, 6.07) is 5.70. The van der Waals surface area contributed by atoms with Crippen molar-refractivity contribution in [2.75, 3.05) is 11.9 Å². The van der Waals surface area contributed by atoms with Crippen molar-refractivity contribution < 1.29 is 18.0 Å². The minimum Gasteiger partial charge on any atom is -0.359 e. The van der Waals surface area contributed by atoms with Gasteiger partial charge in [-0.1, -0.05) is 6.07 Å². The van der Waals surface area contributed by atoms with Gasteiger partial charge in [-0.3, -0.25) is 19.1 Å². The van der Waals surface area contributed by atoms with Gasteiger partial charge in [0.2, 0.25) is 5.91 Å². The van der Waals surface area contributed by atoms with Crippen LogP contribution in [-0.4, -0.2) is 37.0 Å². The first-order chi connectivity index (χ1) is 16.2. The molecule has 12 heteroatoms. The van der Waals surface area contributed by atoms with Gasteiger partial charge >= 0.3 is 5.92 Å². The molecule has 0 aromatic carbocycles. The quantitative estimate of drug-likeness (QED) is 0.364. The van der Waals surface area contributed by atoms with Crippen LogP contribution >= 0.6 is 0 Å². The minimum absolute atomic E-state index is 0.0622. The molecule has 34 heavy (non-hydrogen) atoms. The number of aromatic amines is 1. The molecule has 0 radical (unpaired) electrons. The van der Waals surface area contributed by atoms with Crippen molar-refractivity contribution in [3.05, 3.63) is 82.2 Å². The highest BCUT2D eigenvalue weighted by atomic mass is 19.3. The van der Waals surface area contributed by atoms with Crippen LogP contribution in [0, 0.1) is 12.7 Å². The number of anilines is 1. The summed E-state index contributed by atoms with van der Waals surface area (Å²) in [6.07, 6.45) is 5.24. The minimum atomic E-state index is -3.34. The molecule has 4 aromatic rings. The number of carbonyl (C=O) groups is 1. The van der Waals surface area contributed by atoms with E-state index in [2.05, 4.69) is 30.6 Å². The second-order valence-corrected chi connectivity index (χ2v) is 7.57. The lowest BCUT2D eigenvalue weighted by molar-refractivity contribution is -0.121. The van der Waals surface area contributed by atoms with E-state index < -0.39 is 35.4 Å². The van der Waals surface area contributed by atoms with Crippen molar-refractivity contribution in [2.45, 2.75) is 25.9 Å². The molecule has 0 aliphatic carbocycles. The third kappa shape index (κ3) is 4.90. The highest BCUT2D eigenvalue weighted by Gasteiger charge is 2.33. The number of nitrogens with zero attached hydrogens (tertiary/aromatic N) is 4. The highest BCUT2D eigenvalue weighted by Crippen LogP contribution is 2.25. The molecule has 4 rings (SSSR count). The number of carbonyl (C=O) groups excluding carboxylic acids is 1. The zero-order valence-corrected chi connectivity index (χ0v) is 18.0. The molecule has 1 amide bonds. The summed E-state index contributed by atoms with van der Waals surface area (Å²) in [5.41, 5.74) is 0.170. The number of aryl methyl sites for hydroxylation is 1. The van der Waals surface area contributed by atoms with Crippen LogP contribution in [-0.2, 0) is 23.8 Å². The van der Waals surface area contributed by atoms with Crippen molar-refractivity contribution in [1.82, 2.24) is 29.8 Å². The molecule has 0 spiro atoms. The molecule has 0 aliphatic rings. The lowest BCUT2D eigenvalue weighted by atomic mass is 10.2. The summed E-state index contributed by atoms with van der Waals surface area (Å²) in [5, 5.41) is 5.29. The second kappa shape index (κ2) is 9.33. The number of aromatic nitrogens is 5. The van der Waals surface area contributed by atoms with Crippen LogP contribution in [0.5, 0.6) is 0 Å². The number of hydrogen-bond acceptors (Lipinski definition) is 6. The second-order valence-electron chi connectivity index (χ2n) is 7.57. The Morgan fingerprint density at radius 3 is 2.79 bits per heavy atom. The van der Waals surface area contributed by atoms with E-state index in [-0.39, 0.29) is 18.9 Å². The Morgan fingerprint density at radius 1 is 1.21 bits per heavy atom. The monoisotopic (exact) mass is 471 g/mol. The molecule has 0 aliphatic heterocycles. The van der Waals surface area contributed by atoms with Crippen LogP contribution in [0.2, 0.25) is 0 Å². The smallest absolute Gasteiger partial charge is 0.306 e. The zero-order valence-electron chi connectivity index (χ0n) is 18.0. The first-order valence-corrected chi connectivity index (χ1v) is 10.2. The van der Waals surface area contributed by atoms with E-state index in [0.29, 0.717) is 22.3 Å². The van der Waals surface area contributed by atoms with Crippen molar-refractivity contribution in [2.24, 2.45) is 0 Å². The maximum Gasteiger partial charge on any atom is 0.306 e. The summed E-state index contributed by atoms with van der Waals surface area (Å²) in [4.78, 5) is 39.5. The van der Waals surface area contributed by atoms with Crippen LogP contribution in [0.15, 0.2) is 53.8 Å². The van der Waals surface area contributed by atoms with Gasteiger partial charge in [-0.25, -0.2) is 14.4 Å². The van der Waals surface area contributed by atoms with E-state index in [1.165, 1.54) is 43.0 Å². The largest absolute Gasteiger partial charge is 0.359 e. The number of fused-ring (bicyclic) bond motifs is 1. The highest BCUT2D eigenvalue weighted by molar-refractivity contribution is 5.78. The number of H-pyrrole nitrogens is 1. The van der Waals surface area contributed by atoms with Gasteiger partial charge in [-0.15, -0.1) is 0 Å². The van der Waals surface area contributed by atoms with Gasteiger partial charge in [0.15, 0.2) is 5.82 Å². The molecular formula is C22H20F3N7O2. The van der Waals surface area contributed by atoms with Gasteiger partial charge in [0, 0.05) is 37.0 Å². The first-order valence-electron chi connectivity index (χ1n) is 10.2. The average Bonchev–Trinajstić information content (AvgIpc) is 3.20. The van der Waals surface area contributed by atoms with E-state index in [1.54, 1.807) is 13.0 Å². The molecule has 4 aromatic heterocycles. The number of alkyl halides is 2. The summed E-state index contributed by atoms with van der Waals surface area (Å²) >= 11 is 0. The number of pyridine rings is 2. The molecule has 0 saturated heterocycles. The Kier molecular flexibility index (Phi) is 6.30. The SMILES string of the molecule is Cc1cnc(NCC(F)(F)c2ccccn2)c(=O)n1CC(=O)NCc1cnc2[nH]cc(F)c2c1. The zero-order chi connectivity index (χ0) is 24.3. The molecule has 176 valence electrons. The van der Waals surface area contributed by atoms with E-state index in [9.17, 15) is 22.8 Å². The fraction of sp³-hybridized carbons (Fsp3) is 0.227. The molecule has 0 atom stereocenters. The van der Waals surface area contributed by atoms with Gasteiger partial charge in [0.25, 0.3) is 5.56 Å². The van der Waals surface area contributed by atoms with Crippen molar-refractivity contribution >= 4 is 22.8 Å². The van der Waals surface area contributed by atoms with Gasteiger partial charge in [-0.05, 0) is 30.7 Å². The van der Waals surface area contributed by atoms with Gasteiger partial charge in [0.1, 0.15) is 23.7 Å². The fourth-order valence-electron chi connectivity index (χ4n) is 3.26. The van der Waals surface area contributed by atoms with Crippen molar-refractivity contribution in [3.63, 3.8) is 0 Å². The molecule has 0 unspecified atom stereocenters. The Bertz CT molecular complexity index is 1390. The maximum absolute atomic E-state index is 14.4. The molecule has 9 nitrogen and oxygen atoms in total. The predicted octanol–water partition coefficient (Wildman–Crippen LogP) is 2.48. The summed E-state index contributed by atoms with van der Waals surface area (Å²) in [5.74, 6) is -4.61. The molecular weight excluding hydrogens is 451 g/mol. The Hall–Kier alpha value is -4.22. The standard InChI is InChI=1S/C22H20F3N7O2/c1-13-7-28-20(31-12-22(24,25)17-4-2-3-5-26-17)21(34)32(13)11-18(33)27-8-14-6-15-16(23)10-30-19(15)29-9-14/h2-7,9-10H,8,11-12H2,1H3,(H,27,33)(H,28,31)(H,29,30). The van der Waals surface area contributed by atoms with Crippen LogP contribution in [0.25, 0.3) is 11.0 Å².